The normalized spacial score (nSPS) is 21.8. The molecule has 0 aromatic heterocycles. The minimum absolute atomic E-state index is 0.0929. The van der Waals surface area contributed by atoms with Gasteiger partial charge in [0.05, 0.1) is 31.1 Å². The average molecular weight is 352 g/mol. The van der Waals surface area contributed by atoms with Gasteiger partial charge in [-0.2, -0.15) is 4.31 Å². The molecule has 1 N–H and O–H groups in total. The van der Waals surface area contributed by atoms with Gasteiger partial charge in [-0.05, 0) is 31.9 Å². The third-order valence-corrected chi connectivity index (χ3v) is 7.06. The summed E-state index contributed by atoms with van der Waals surface area (Å²) in [5.74, 6) is 0.210. The lowest BCUT2D eigenvalue weighted by molar-refractivity contribution is -0.918. The first-order chi connectivity index (χ1) is 11.5. The van der Waals surface area contributed by atoms with E-state index >= 15 is 0 Å². The number of carbonyl (C=O) groups is 1. The lowest BCUT2D eigenvalue weighted by Gasteiger charge is -2.35. The van der Waals surface area contributed by atoms with Gasteiger partial charge >= 0.3 is 0 Å². The van der Waals surface area contributed by atoms with Crippen LogP contribution in [0.2, 0.25) is 0 Å². The zero-order chi connectivity index (χ0) is 17.2. The Bertz CT molecular complexity index is 664. The Morgan fingerprint density at radius 1 is 1.04 bits per heavy atom. The molecule has 132 valence electrons. The highest BCUT2D eigenvalue weighted by molar-refractivity contribution is 7.89. The van der Waals surface area contributed by atoms with E-state index in [9.17, 15) is 13.2 Å². The highest BCUT2D eigenvalue weighted by Crippen LogP contribution is 2.15. The van der Waals surface area contributed by atoms with Crippen LogP contribution in [0.25, 0.3) is 0 Å². The van der Waals surface area contributed by atoms with Crippen LogP contribution in [0.1, 0.15) is 19.8 Å². The molecule has 0 radical (unpaired) electrons. The van der Waals surface area contributed by atoms with Crippen molar-refractivity contribution in [2.75, 3.05) is 39.3 Å². The summed E-state index contributed by atoms with van der Waals surface area (Å²) < 4.78 is 26.8. The molecule has 0 saturated carbocycles. The van der Waals surface area contributed by atoms with Crippen LogP contribution >= 0.6 is 0 Å². The number of hydrogen-bond donors (Lipinski definition) is 1. The Labute approximate surface area is 144 Å². The van der Waals surface area contributed by atoms with Crippen LogP contribution in [0, 0.1) is 0 Å². The van der Waals surface area contributed by atoms with Gasteiger partial charge in [-0.25, -0.2) is 8.42 Å². The molecule has 0 spiro atoms. The zero-order valence-electron chi connectivity index (χ0n) is 14.1. The van der Waals surface area contributed by atoms with Gasteiger partial charge in [0.25, 0.3) is 5.91 Å². The molecule has 2 heterocycles. The maximum atomic E-state index is 12.6. The molecule has 2 aliphatic rings. The molecule has 24 heavy (non-hydrogen) atoms. The minimum atomic E-state index is -3.42. The molecule has 2 aliphatic heterocycles. The lowest BCUT2D eigenvalue weighted by atomic mass is 10.2. The molecular formula is C17H26N3O3S+. The van der Waals surface area contributed by atoms with Gasteiger partial charge in [-0.1, -0.05) is 18.2 Å². The van der Waals surface area contributed by atoms with E-state index in [0.29, 0.717) is 31.1 Å². The predicted molar refractivity (Wildman–Crippen MR) is 91.2 cm³/mol. The minimum Gasteiger partial charge on any atom is -0.338 e. The summed E-state index contributed by atoms with van der Waals surface area (Å²) >= 11 is 0. The molecule has 0 bridgehead atoms. The van der Waals surface area contributed by atoms with Gasteiger partial charge in [-0.3, -0.25) is 4.79 Å². The van der Waals surface area contributed by atoms with E-state index < -0.39 is 10.0 Å². The van der Waals surface area contributed by atoms with E-state index in [1.165, 1.54) is 4.90 Å². The molecule has 2 fully saturated rings. The van der Waals surface area contributed by atoms with Crippen molar-refractivity contribution in [1.29, 1.82) is 0 Å². The largest absolute Gasteiger partial charge is 0.338 e. The number of amides is 1. The number of nitrogens with zero attached hydrogens (tertiary/aromatic N) is 2. The van der Waals surface area contributed by atoms with Crippen molar-refractivity contribution in [3.05, 3.63) is 30.3 Å². The average Bonchev–Trinajstić information content (AvgIpc) is 3.16. The van der Waals surface area contributed by atoms with Gasteiger partial charge in [0, 0.05) is 13.1 Å². The summed E-state index contributed by atoms with van der Waals surface area (Å²) in [6.07, 6.45) is 2.19. The van der Waals surface area contributed by atoms with Gasteiger partial charge in [0.2, 0.25) is 10.0 Å². The van der Waals surface area contributed by atoms with E-state index in [1.54, 1.807) is 28.6 Å². The number of sulfonamides is 1. The first kappa shape index (κ1) is 17.4. The van der Waals surface area contributed by atoms with Gasteiger partial charge in [0.1, 0.15) is 0 Å². The topological polar surface area (TPSA) is 62.1 Å². The second-order valence-electron chi connectivity index (χ2n) is 6.63. The van der Waals surface area contributed by atoms with Crippen molar-refractivity contribution in [1.82, 2.24) is 9.21 Å². The summed E-state index contributed by atoms with van der Waals surface area (Å²) in [4.78, 5) is 16.0. The highest BCUT2D eigenvalue weighted by atomic mass is 32.2. The van der Waals surface area contributed by atoms with Gasteiger partial charge < -0.3 is 9.80 Å². The predicted octanol–water partition coefficient (Wildman–Crippen LogP) is -0.413. The Morgan fingerprint density at radius 2 is 1.62 bits per heavy atom. The lowest BCUT2D eigenvalue weighted by Crippen LogP contribution is -3.19. The number of quaternary nitrogens is 1. The summed E-state index contributed by atoms with van der Waals surface area (Å²) in [5.41, 5.74) is 0. The molecule has 0 unspecified atom stereocenters. The second kappa shape index (κ2) is 7.21. The van der Waals surface area contributed by atoms with Crippen LogP contribution in [0.4, 0.5) is 0 Å². The third-order valence-electron chi connectivity index (χ3n) is 5.15. The molecule has 1 aromatic carbocycles. The van der Waals surface area contributed by atoms with Gasteiger partial charge in [-0.15, -0.1) is 0 Å². The van der Waals surface area contributed by atoms with Crippen molar-refractivity contribution < 1.29 is 18.1 Å². The number of piperazine rings is 1. The number of nitrogens with one attached hydrogen (secondary N) is 1. The van der Waals surface area contributed by atoms with Crippen LogP contribution in [0.5, 0.6) is 0 Å². The Kier molecular flexibility index (Phi) is 5.22. The Morgan fingerprint density at radius 3 is 2.21 bits per heavy atom. The number of carbonyl (C=O) groups excluding carboxylic acids is 1. The summed E-state index contributed by atoms with van der Waals surface area (Å²) in [6, 6.07) is 8.47. The van der Waals surface area contributed by atoms with Crippen molar-refractivity contribution in [2.45, 2.75) is 30.7 Å². The smallest absolute Gasteiger partial charge is 0.280 e. The van der Waals surface area contributed by atoms with Crippen molar-refractivity contribution in [2.24, 2.45) is 0 Å². The molecular weight excluding hydrogens is 326 g/mol. The monoisotopic (exact) mass is 352 g/mol. The fraction of sp³-hybridized carbons (Fsp3) is 0.588. The maximum absolute atomic E-state index is 12.6. The zero-order valence-corrected chi connectivity index (χ0v) is 15.0. The standard InChI is InChI=1S/C17H25N3O3S/c1-15(17(21)19-9-5-6-10-19)18-11-13-20(14-12-18)24(22,23)16-7-3-2-4-8-16/h2-4,7-8,15H,5-6,9-14H2,1H3/p+1/t15-/m1/s1. The molecule has 1 amide bonds. The number of benzene rings is 1. The third kappa shape index (κ3) is 3.48. The van der Waals surface area contributed by atoms with Crippen LogP contribution in [0.15, 0.2) is 35.2 Å². The fourth-order valence-corrected chi connectivity index (χ4v) is 5.04. The van der Waals surface area contributed by atoms with Crippen LogP contribution in [-0.2, 0) is 14.8 Å². The molecule has 1 atom stereocenters. The first-order valence-corrected chi connectivity index (χ1v) is 10.1. The summed E-state index contributed by atoms with van der Waals surface area (Å²) in [5, 5.41) is 0. The molecule has 3 rings (SSSR count). The van der Waals surface area contributed by atoms with Crippen molar-refractivity contribution >= 4 is 15.9 Å². The SMILES string of the molecule is C[C@H](C(=O)N1CCCC1)[NH+]1CCN(S(=O)(=O)c2ccccc2)CC1. The van der Waals surface area contributed by atoms with E-state index in [-0.39, 0.29) is 11.9 Å². The molecule has 1 aromatic rings. The summed E-state index contributed by atoms with van der Waals surface area (Å²) in [6.45, 7) is 5.97. The van der Waals surface area contributed by atoms with E-state index in [1.807, 2.05) is 17.9 Å². The van der Waals surface area contributed by atoms with Crippen LogP contribution in [0.3, 0.4) is 0 Å². The van der Waals surface area contributed by atoms with E-state index in [4.69, 9.17) is 0 Å². The van der Waals surface area contributed by atoms with Crippen LogP contribution in [-0.4, -0.2) is 68.8 Å². The highest BCUT2D eigenvalue weighted by Gasteiger charge is 2.36. The molecule has 7 heteroatoms. The first-order valence-electron chi connectivity index (χ1n) is 8.69. The fourth-order valence-electron chi connectivity index (χ4n) is 3.57. The maximum Gasteiger partial charge on any atom is 0.280 e. The van der Waals surface area contributed by atoms with E-state index in [2.05, 4.69) is 0 Å². The summed E-state index contributed by atoms with van der Waals surface area (Å²) in [7, 11) is -3.42. The Hall–Kier alpha value is -1.44. The van der Waals surface area contributed by atoms with Gasteiger partial charge in [0.15, 0.2) is 6.04 Å². The number of hydrogen-bond acceptors (Lipinski definition) is 3. The second-order valence-corrected chi connectivity index (χ2v) is 8.57. The number of rotatable bonds is 4. The van der Waals surface area contributed by atoms with Crippen molar-refractivity contribution in [3.63, 3.8) is 0 Å². The molecule has 6 nitrogen and oxygen atoms in total. The Balaban J connectivity index is 1.60. The van der Waals surface area contributed by atoms with E-state index in [0.717, 1.165) is 25.9 Å². The number of likely N-dealkylation sites (tertiary alicyclic amines) is 1. The van der Waals surface area contributed by atoms with Crippen molar-refractivity contribution in [3.8, 4) is 0 Å². The van der Waals surface area contributed by atoms with Crippen LogP contribution < -0.4 is 4.90 Å². The quantitative estimate of drug-likeness (QED) is 0.801. The molecule has 2 saturated heterocycles. The molecule has 0 aliphatic carbocycles.